The summed E-state index contributed by atoms with van der Waals surface area (Å²) >= 11 is 0. The number of nitrogens with zero attached hydrogens (tertiary/aromatic N) is 2. The van der Waals surface area contributed by atoms with Gasteiger partial charge < -0.3 is 14.4 Å². The molecule has 1 aromatic carbocycles. The van der Waals surface area contributed by atoms with E-state index in [9.17, 15) is 18.0 Å². The van der Waals surface area contributed by atoms with Crippen LogP contribution in [0, 0.1) is 0 Å². The summed E-state index contributed by atoms with van der Waals surface area (Å²) in [6.45, 7) is 3.42. The lowest BCUT2D eigenvalue weighted by Crippen LogP contribution is -2.46. The predicted molar refractivity (Wildman–Crippen MR) is 111 cm³/mol. The molecule has 1 atom stereocenters. The SMILES string of the molecule is CC(OC(=O)c1ccc(S(=O)(=O)N(C)C2CCCCC2)cc1)C(=O)N1CCOCC1. The quantitative estimate of drug-likeness (QED) is 0.631. The number of carbonyl (C=O) groups is 2. The molecule has 0 spiro atoms. The maximum atomic E-state index is 12.9. The molecule has 30 heavy (non-hydrogen) atoms. The summed E-state index contributed by atoms with van der Waals surface area (Å²) in [5.74, 6) is -0.923. The van der Waals surface area contributed by atoms with Crippen LogP contribution < -0.4 is 0 Å². The van der Waals surface area contributed by atoms with Crippen molar-refractivity contribution in [3.63, 3.8) is 0 Å². The van der Waals surface area contributed by atoms with Crippen LogP contribution in [0.4, 0.5) is 0 Å². The van der Waals surface area contributed by atoms with Gasteiger partial charge in [-0.1, -0.05) is 19.3 Å². The molecule has 0 N–H and O–H groups in total. The minimum Gasteiger partial charge on any atom is -0.449 e. The summed E-state index contributed by atoms with van der Waals surface area (Å²) in [4.78, 5) is 26.5. The Balaban J connectivity index is 1.62. The van der Waals surface area contributed by atoms with Gasteiger partial charge in [-0.25, -0.2) is 13.2 Å². The Kier molecular flexibility index (Phi) is 7.49. The van der Waals surface area contributed by atoms with Crippen LogP contribution in [-0.4, -0.2) is 75.0 Å². The number of carbonyl (C=O) groups excluding carboxylic acids is 2. The molecule has 1 aliphatic carbocycles. The van der Waals surface area contributed by atoms with Gasteiger partial charge in [-0.05, 0) is 44.0 Å². The van der Waals surface area contributed by atoms with Gasteiger partial charge in [0.05, 0.1) is 23.7 Å². The summed E-state index contributed by atoms with van der Waals surface area (Å²) in [7, 11) is -2.01. The highest BCUT2D eigenvalue weighted by Gasteiger charge is 2.30. The Hall–Kier alpha value is -1.97. The first-order chi connectivity index (χ1) is 14.3. The second-order valence-electron chi connectivity index (χ2n) is 7.82. The van der Waals surface area contributed by atoms with Crippen molar-refractivity contribution < 1.29 is 27.5 Å². The van der Waals surface area contributed by atoms with Gasteiger partial charge in [0.1, 0.15) is 0 Å². The van der Waals surface area contributed by atoms with Gasteiger partial charge in [0.15, 0.2) is 6.10 Å². The van der Waals surface area contributed by atoms with E-state index in [1.165, 1.54) is 35.5 Å². The normalized spacial score (nSPS) is 19.5. The van der Waals surface area contributed by atoms with Crippen LogP contribution in [-0.2, 0) is 24.3 Å². The van der Waals surface area contributed by atoms with E-state index in [1.54, 1.807) is 11.9 Å². The van der Waals surface area contributed by atoms with Crippen LogP contribution >= 0.6 is 0 Å². The summed E-state index contributed by atoms with van der Waals surface area (Å²) < 4.78 is 37.8. The zero-order valence-electron chi connectivity index (χ0n) is 17.6. The molecule has 3 rings (SSSR count). The zero-order valence-corrected chi connectivity index (χ0v) is 18.4. The molecule has 2 fully saturated rings. The summed E-state index contributed by atoms with van der Waals surface area (Å²) in [5.41, 5.74) is 0.205. The van der Waals surface area contributed by atoms with Crippen molar-refractivity contribution in [1.29, 1.82) is 0 Å². The molecule has 8 nitrogen and oxygen atoms in total. The molecule has 1 amide bonds. The molecule has 1 saturated heterocycles. The Labute approximate surface area is 178 Å². The van der Waals surface area contributed by atoms with E-state index < -0.39 is 22.1 Å². The van der Waals surface area contributed by atoms with Crippen LogP contribution in [0.15, 0.2) is 29.2 Å². The molecule has 2 aliphatic rings. The first kappa shape index (κ1) is 22.7. The maximum Gasteiger partial charge on any atom is 0.338 e. The van der Waals surface area contributed by atoms with Crippen LogP contribution in [0.3, 0.4) is 0 Å². The molecule has 1 unspecified atom stereocenters. The third kappa shape index (κ3) is 5.19. The minimum atomic E-state index is -3.62. The summed E-state index contributed by atoms with van der Waals surface area (Å²) in [5, 5.41) is 0. The van der Waals surface area contributed by atoms with Gasteiger partial charge in [-0.15, -0.1) is 0 Å². The second kappa shape index (κ2) is 9.89. The molecular weight excluding hydrogens is 408 g/mol. The van der Waals surface area contributed by atoms with E-state index in [0.29, 0.717) is 26.3 Å². The molecule has 1 saturated carbocycles. The van der Waals surface area contributed by atoms with Gasteiger partial charge in [0.25, 0.3) is 5.91 Å². The van der Waals surface area contributed by atoms with Crippen LogP contribution in [0.1, 0.15) is 49.4 Å². The molecule has 9 heteroatoms. The fourth-order valence-corrected chi connectivity index (χ4v) is 5.31. The maximum absolute atomic E-state index is 12.9. The van der Waals surface area contributed by atoms with Crippen molar-refractivity contribution in [3.8, 4) is 0 Å². The monoisotopic (exact) mass is 438 g/mol. The lowest BCUT2D eigenvalue weighted by Gasteiger charge is -2.30. The number of ether oxygens (including phenoxy) is 2. The first-order valence-electron chi connectivity index (χ1n) is 10.5. The van der Waals surface area contributed by atoms with Crippen LogP contribution in [0.25, 0.3) is 0 Å². The van der Waals surface area contributed by atoms with E-state index >= 15 is 0 Å². The zero-order chi connectivity index (χ0) is 21.7. The van der Waals surface area contributed by atoms with Crippen molar-refractivity contribution in [2.24, 2.45) is 0 Å². The number of morpholine rings is 1. The van der Waals surface area contributed by atoms with Crippen molar-refractivity contribution in [1.82, 2.24) is 9.21 Å². The predicted octanol–water partition coefficient (Wildman–Crippen LogP) is 2.04. The Morgan fingerprint density at radius 2 is 1.70 bits per heavy atom. The fourth-order valence-electron chi connectivity index (χ4n) is 3.89. The molecular formula is C21H30N2O6S. The number of sulfonamides is 1. The molecule has 0 radical (unpaired) electrons. The first-order valence-corrected chi connectivity index (χ1v) is 11.9. The molecule has 0 aromatic heterocycles. The number of hydrogen-bond donors (Lipinski definition) is 0. The largest absolute Gasteiger partial charge is 0.449 e. The van der Waals surface area contributed by atoms with E-state index in [1.807, 2.05) is 0 Å². The second-order valence-corrected chi connectivity index (χ2v) is 9.82. The lowest BCUT2D eigenvalue weighted by molar-refractivity contribution is -0.143. The average molecular weight is 439 g/mol. The number of esters is 1. The fraction of sp³-hybridized carbons (Fsp3) is 0.619. The van der Waals surface area contributed by atoms with Crippen molar-refractivity contribution in [3.05, 3.63) is 29.8 Å². The van der Waals surface area contributed by atoms with Crippen molar-refractivity contribution in [2.45, 2.75) is 56.1 Å². The van der Waals surface area contributed by atoms with E-state index in [0.717, 1.165) is 32.1 Å². The topological polar surface area (TPSA) is 93.2 Å². The van der Waals surface area contributed by atoms with Crippen LogP contribution in [0.5, 0.6) is 0 Å². The number of rotatable bonds is 6. The molecule has 1 heterocycles. The minimum absolute atomic E-state index is 0.0143. The van der Waals surface area contributed by atoms with E-state index in [4.69, 9.17) is 9.47 Å². The Morgan fingerprint density at radius 3 is 2.30 bits per heavy atom. The van der Waals surface area contributed by atoms with Gasteiger partial charge in [-0.2, -0.15) is 4.31 Å². The molecule has 166 valence electrons. The van der Waals surface area contributed by atoms with Crippen molar-refractivity contribution >= 4 is 21.9 Å². The summed E-state index contributed by atoms with van der Waals surface area (Å²) in [6, 6.07) is 5.70. The number of hydrogen-bond acceptors (Lipinski definition) is 6. The van der Waals surface area contributed by atoms with Gasteiger partial charge in [0.2, 0.25) is 10.0 Å². The van der Waals surface area contributed by atoms with Crippen LogP contribution in [0.2, 0.25) is 0 Å². The highest BCUT2D eigenvalue weighted by Crippen LogP contribution is 2.26. The molecule has 1 aromatic rings. The van der Waals surface area contributed by atoms with Gasteiger partial charge in [0, 0.05) is 26.2 Å². The number of amides is 1. The van der Waals surface area contributed by atoms with Gasteiger partial charge >= 0.3 is 5.97 Å². The molecule has 1 aliphatic heterocycles. The molecule has 0 bridgehead atoms. The highest BCUT2D eigenvalue weighted by atomic mass is 32.2. The average Bonchev–Trinajstić information content (AvgIpc) is 2.79. The lowest BCUT2D eigenvalue weighted by atomic mass is 9.96. The summed E-state index contributed by atoms with van der Waals surface area (Å²) in [6.07, 6.45) is 4.04. The smallest absolute Gasteiger partial charge is 0.338 e. The van der Waals surface area contributed by atoms with Crippen molar-refractivity contribution in [2.75, 3.05) is 33.4 Å². The highest BCUT2D eigenvalue weighted by molar-refractivity contribution is 7.89. The number of benzene rings is 1. The van der Waals surface area contributed by atoms with E-state index in [2.05, 4.69) is 0 Å². The Bertz CT molecular complexity index is 843. The van der Waals surface area contributed by atoms with Gasteiger partial charge in [-0.3, -0.25) is 4.79 Å². The van der Waals surface area contributed by atoms with E-state index in [-0.39, 0.29) is 22.4 Å². The Morgan fingerprint density at radius 1 is 1.10 bits per heavy atom. The third-order valence-electron chi connectivity index (χ3n) is 5.81. The third-order valence-corrected chi connectivity index (χ3v) is 7.73. The standard InChI is InChI=1S/C21H30N2O6S/c1-16(20(24)23-12-14-28-15-13-23)29-21(25)17-8-10-19(11-9-17)30(26,27)22(2)18-6-4-3-5-7-18/h8-11,16,18H,3-7,12-15H2,1-2H3.